The van der Waals surface area contributed by atoms with Crippen molar-refractivity contribution in [3.8, 4) is 0 Å². The molecule has 2 aromatic rings. The Morgan fingerprint density at radius 1 is 1.23 bits per heavy atom. The van der Waals surface area contributed by atoms with E-state index in [1.165, 1.54) is 11.3 Å². The number of fused-ring (bicyclic) bond motifs is 1. The predicted molar refractivity (Wildman–Crippen MR) is 156 cm³/mol. The summed E-state index contributed by atoms with van der Waals surface area (Å²) in [6.45, 7) is 3.76. The van der Waals surface area contributed by atoms with Gasteiger partial charge in [-0.25, -0.2) is 10.5 Å². The van der Waals surface area contributed by atoms with Gasteiger partial charge in [0.05, 0.1) is 24.4 Å². The van der Waals surface area contributed by atoms with Gasteiger partial charge in [-0.3, -0.25) is 24.2 Å². The average molecular weight is 590 g/mol. The normalized spacial score (nSPS) is 21.3. The van der Waals surface area contributed by atoms with E-state index in [1.54, 1.807) is 50.2 Å². The summed E-state index contributed by atoms with van der Waals surface area (Å²) in [5.41, 5.74) is 4.16. The van der Waals surface area contributed by atoms with E-state index in [0.717, 1.165) is 30.1 Å². The lowest BCUT2D eigenvalue weighted by Gasteiger charge is -2.35. The Hall–Kier alpha value is -3.06. The number of aromatic nitrogens is 1. The fraction of sp³-hybridized carbons (Fsp3) is 0.519. The number of anilines is 1. The van der Waals surface area contributed by atoms with Gasteiger partial charge in [-0.05, 0) is 57.5 Å². The number of thiazole rings is 1. The van der Waals surface area contributed by atoms with Gasteiger partial charge in [0.15, 0.2) is 5.01 Å². The van der Waals surface area contributed by atoms with Crippen molar-refractivity contribution < 1.29 is 19.2 Å². The molecule has 0 bridgehead atoms. The van der Waals surface area contributed by atoms with E-state index in [4.69, 9.17) is 21.4 Å². The monoisotopic (exact) mass is 589 g/mol. The largest absolute Gasteiger partial charge is 0.349 e. The Kier molecular flexibility index (Phi) is 10.1. The number of halogens is 1. The van der Waals surface area contributed by atoms with Crippen LogP contribution in [0.5, 0.6) is 0 Å². The second kappa shape index (κ2) is 13.5. The van der Waals surface area contributed by atoms with Crippen molar-refractivity contribution in [1.29, 1.82) is 0 Å². The fourth-order valence-electron chi connectivity index (χ4n) is 4.87. The molecule has 3 atom stereocenters. The maximum Gasteiger partial charge on any atom is 0.292 e. The minimum Gasteiger partial charge on any atom is -0.349 e. The Labute approximate surface area is 243 Å². The van der Waals surface area contributed by atoms with Crippen LogP contribution in [0, 0.1) is 5.92 Å². The molecular formula is C27H36ClN7O4S. The smallest absolute Gasteiger partial charge is 0.292 e. The molecule has 11 nitrogen and oxygen atoms in total. The number of likely N-dealkylation sites (N-methyl/N-ethyl adjacent to an activating group) is 1. The maximum absolute atomic E-state index is 13.4. The van der Waals surface area contributed by atoms with Gasteiger partial charge in [0.1, 0.15) is 0 Å². The fourth-order valence-corrected chi connectivity index (χ4v) is 6.08. The van der Waals surface area contributed by atoms with Gasteiger partial charge in [-0.2, -0.15) is 0 Å². The molecule has 1 saturated carbocycles. The van der Waals surface area contributed by atoms with Gasteiger partial charge in [0.2, 0.25) is 11.7 Å². The first kappa shape index (κ1) is 29.9. The van der Waals surface area contributed by atoms with Gasteiger partial charge in [0.25, 0.3) is 11.8 Å². The average Bonchev–Trinajstić information content (AvgIpc) is 3.36. The van der Waals surface area contributed by atoms with Gasteiger partial charge in [0, 0.05) is 55.1 Å². The highest BCUT2D eigenvalue weighted by Crippen LogP contribution is 2.30. The van der Waals surface area contributed by atoms with Crippen molar-refractivity contribution in [2.45, 2.75) is 51.2 Å². The van der Waals surface area contributed by atoms with Crippen LogP contribution in [-0.2, 0) is 27.4 Å². The van der Waals surface area contributed by atoms with E-state index in [1.807, 2.05) is 7.05 Å². The molecule has 0 saturated heterocycles. The molecule has 13 heteroatoms. The Balaban J connectivity index is 1.56. The number of hydrogen-bond acceptors (Lipinski definition) is 8. The second-order valence-electron chi connectivity index (χ2n) is 10.2. The van der Waals surface area contributed by atoms with Crippen LogP contribution in [-0.4, -0.2) is 84.7 Å². The molecule has 4 rings (SSSR count). The van der Waals surface area contributed by atoms with E-state index in [2.05, 4.69) is 26.0 Å². The van der Waals surface area contributed by atoms with Crippen molar-refractivity contribution in [1.82, 2.24) is 25.6 Å². The van der Waals surface area contributed by atoms with Crippen LogP contribution in [0.25, 0.3) is 0 Å². The van der Waals surface area contributed by atoms with Crippen LogP contribution < -0.4 is 16.1 Å². The molecule has 1 aliphatic carbocycles. The minimum atomic E-state index is -0.496. The summed E-state index contributed by atoms with van der Waals surface area (Å²) in [7, 11) is 5.50. The molecule has 40 heavy (non-hydrogen) atoms. The highest BCUT2D eigenvalue weighted by Gasteiger charge is 2.37. The van der Waals surface area contributed by atoms with Crippen LogP contribution in [0.3, 0.4) is 0 Å². The zero-order chi connectivity index (χ0) is 28.8. The first-order valence-corrected chi connectivity index (χ1v) is 14.6. The van der Waals surface area contributed by atoms with Gasteiger partial charge in [-0.1, -0.05) is 11.6 Å². The van der Waals surface area contributed by atoms with Gasteiger partial charge >= 0.3 is 0 Å². The molecule has 216 valence electrons. The number of rotatable bonds is 7. The van der Waals surface area contributed by atoms with Crippen LogP contribution in [0.1, 0.15) is 46.6 Å². The van der Waals surface area contributed by atoms with E-state index in [0.29, 0.717) is 41.6 Å². The SMILES string of the molecule is CCONC(=NC1CCC(C(=O)N(C)C)CC1NC(=O)c1nc2c(s1)CN(C)CC2)C(=O)Nc1ccc(Cl)cc1. The number of aliphatic imine (C=N–C) groups is 1. The highest BCUT2D eigenvalue weighted by molar-refractivity contribution is 7.13. The Morgan fingerprint density at radius 2 is 1.98 bits per heavy atom. The zero-order valence-corrected chi connectivity index (χ0v) is 24.8. The Morgan fingerprint density at radius 3 is 2.67 bits per heavy atom. The molecular weight excluding hydrogens is 554 g/mol. The van der Waals surface area contributed by atoms with Crippen molar-refractivity contribution >= 4 is 52.2 Å². The number of amidine groups is 1. The molecule has 2 aliphatic rings. The molecule has 0 radical (unpaired) electrons. The number of carbonyl (C=O) groups is 3. The Bertz CT molecular complexity index is 1250. The first-order chi connectivity index (χ1) is 19.1. The van der Waals surface area contributed by atoms with Crippen LogP contribution in [0.2, 0.25) is 5.02 Å². The number of nitrogens with zero attached hydrogens (tertiary/aromatic N) is 4. The molecule has 1 aromatic heterocycles. The second-order valence-corrected chi connectivity index (χ2v) is 11.8. The number of hydroxylamine groups is 1. The van der Waals surface area contributed by atoms with Crippen molar-refractivity contribution in [2.75, 3.05) is 39.6 Å². The first-order valence-electron chi connectivity index (χ1n) is 13.4. The topological polar surface area (TPSA) is 128 Å². The maximum atomic E-state index is 13.4. The summed E-state index contributed by atoms with van der Waals surface area (Å²) in [5.74, 6) is -1.08. The molecule has 1 aromatic carbocycles. The number of benzene rings is 1. The van der Waals surface area contributed by atoms with E-state index in [-0.39, 0.29) is 23.6 Å². The number of carbonyl (C=O) groups excluding carboxylic acids is 3. The van der Waals surface area contributed by atoms with E-state index >= 15 is 0 Å². The van der Waals surface area contributed by atoms with E-state index < -0.39 is 18.0 Å². The summed E-state index contributed by atoms with van der Waals surface area (Å²) >= 11 is 7.36. The number of hydrogen-bond donors (Lipinski definition) is 3. The lowest BCUT2D eigenvalue weighted by atomic mass is 9.81. The molecule has 3 unspecified atom stereocenters. The molecule has 1 fully saturated rings. The summed E-state index contributed by atoms with van der Waals surface area (Å²) < 4.78 is 0. The van der Waals surface area contributed by atoms with Crippen LogP contribution in [0.4, 0.5) is 5.69 Å². The lowest BCUT2D eigenvalue weighted by molar-refractivity contribution is -0.134. The lowest BCUT2D eigenvalue weighted by Crippen LogP contribution is -2.50. The third-order valence-electron chi connectivity index (χ3n) is 6.96. The zero-order valence-electron chi connectivity index (χ0n) is 23.2. The number of amides is 3. The van der Waals surface area contributed by atoms with Crippen LogP contribution in [0.15, 0.2) is 29.3 Å². The third-order valence-corrected chi connectivity index (χ3v) is 8.30. The summed E-state index contributed by atoms with van der Waals surface area (Å²) in [6, 6.07) is 5.77. The van der Waals surface area contributed by atoms with Crippen LogP contribution >= 0.6 is 22.9 Å². The summed E-state index contributed by atoms with van der Waals surface area (Å²) in [5, 5.41) is 6.83. The third kappa shape index (κ3) is 7.57. The van der Waals surface area contributed by atoms with Gasteiger partial charge < -0.3 is 20.4 Å². The standard InChI is InChI=1S/C27H36ClN7O4S/c1-5-39-33-23(24(36)29-18-9-7-17(28)8-10-18)30-19-11-6-16(27(38)34(2)3)14-21(19)31-25(37)26-32-20-12-13-35(4)15-22(20)40-26/h7-10,16,19,21H,5-6,11-15H2,1-4H3,(H,29,36)(H,30,33)(H,31,37). The molecule has 3 N–H and O–H groups in total. The van der Waals surface area contributed by atoms with E-state index in [9.17, 15) is 14.4 Å². The molecule has 1 aliphatic heterocycles. The number of nitrogens with one attached hydrogen (secondary N) is 3. The van der Waals surface area contributed by atoms with Crippen molar-refractivity contribution in [2.24, 2.45) is 10.9 Å². The minimum absolute atomic E-state index is 0.00238. The molecule has 3 amide bonds. The highest BCUT2D eigenvalue weighted by atomic mass is 35.5. The van der Waals surface area contributed by atoms with Crippen molar-refractivity contribution in [3.63, 3.8) is 0 Å². The predicted octanol–water partition coefficient (Wildman–Crippen LogP) is 2.72. The summed E-state index contributed by atoms with van der Waals surface area (Å²) in [4.78, 5) is 58.9. The van der Waals surface area contributed by atoms with Gasteiger partial charge in [-0.15, -0.1) is 11.3 Å². The summed E-state index contributed by atoms with van der Waals surface area (Å²) in [6.07, 6.45) is 2.28. The molecule has 2 heterocycles. The molecule has 0 spiro atoms. The van der Waals surface area contributed by atoms with Crippen molar-refractivity contribution in [3.05, 3.63) is 44.9 Å². The quantitative estimate of drug-likeness (QED) is 0.257.